The van der Waals surface area contributed by atoms with Gasteiger partial charge in [-0.25, -0.2) is 8.78 Å². The largest absolute Gasteiger partial charge is 0.354 e. The highest BCUT2D eigenvalue weighted by Crippen LogP contribution is 2.54. The Morgan fingerprint density at radius 2 is 1.67 bits per heavy atom. The van der Waals surface area contributed by atoms with Crippen LogP contribution >= 0.6 is 0 Å². The minimum atomic E-state index is -5.41. The molecule has 0 saturated heterocycles. The summed E-state index contributed by atoms with van der Waals surface area (Å²) in [6, 6.07) is 20.6. The first-order chi connectivity index (χ1) is 17.2. The Hall–Kier alpha value is -4.27. The first kappa shape index (κ1) is 24.8. The van der Waals surface area contributed by atoms with Crippen molar-refractivity contribution in [2.45, 2.75) is 18.9 Å². The smallest absolute Gasteiger partial charge is 0.272 e. The number of nitrogens with zero attached hydrogens (tertiary/aromatic N) is 6. The van der Waals surface area contributed by atoms with Gasteiger partial charge in [0, 0.05) is 16.2 Å². The lowest BCUT2D eigenvalue weighted by molar-refractivity contribution is 0.0112. The molecule has 182 valence electrons. The van der Waals surface area contributed by atoms with Gasteiger partial charge in [0.05, 0.1) is 23.0 Å². The molecule has 0 amide bonds. The molecule has 12 heteroatoms. The van der Waals surface area contributed by atoms with Crippen molar-refractivity contribution in [3.05, 3.63) is 112 Å². The molecule has 0 aromatic heterocycles. The fourth-order valence-electron chi connectivity index (χ4n) is 4.24. The van der Waals surface area contributed by atoms with E-state index in [1.165, 1.54) is 48.5 Å². The van der Waals surface area contributed by atoms with E-state index in [4.69, 9.17) is 5.53 Å². The number of hydrogen-bond donors (Lipinski definition) is 1. The zero-order valence-corrected chi connectivity index (χ0v) is 19.5. The van der Waals surface area contributed by atoms with Crippen LogP contribution in [0.1, 0.15) is 16.7 Å². The summed E-state index contributed by atoms with van der Waals surface area (Å²) in [5.41, 5.74) is 6.17. The Labute approximate surface area is 205 Å². The summed E-state index contributed by atoms with van der Waals surface area (Å²) >= 11 is 0. The predicted octanol–water partition coefficient (Wildman–Crippen LogP) is 5.87. The van der Waals surface area contributed by atoms with E-state index < -0.39 is 27.8 Å². The number of anilines is 1. The van der Waals surface area contributed by atoms with Crippen molar-refractivity contribution in [2.75, 3.05) is 5.01 Å². The normalized spacial score (nSPS) is 18.3. The van der Waals surface area contributed by atoms with Crippen molar-refractivity contribution < 1.29 is 21.8 Å². The molecule has 4 rings (SSSR count). The molecule has 0 saturated carbocycles. The highest BCUT2D eigenvalue weighted by molar-refractivity contribution is 7.83. The summed E-state index contributed by atoms with van der Waals surface area (Å²) in [7, 11) is -5.41. The third-order valence-corrected chi connectivity index (χ3v) is 6.64. The molecular weight excluding hydrogens is 490 g/mol. The van der Waals surface area contributed by atoms with E-state index >= 15 is 8.78 Å². The van der Waals surface area contributed by atoms with Crippen LogP contribution in [0, 0.1) is 18.3 Å². The Balaban J connectivity index is 2.16. The van der Waals surface area contributed by atoms with E-state index in [0.717, 1.165) is 10.6 Å². The molecule has 0 radical (unpaired) electrons. The summed E-state index contributed by atoms with van der Waals surface area (Å²) in [4.78, 5) is 2.68. The zero-order valence-electron chi connectivity index (χ0n) is 18.7. The molecule has 3 aromatic rings. The number of hydrogen-bond acceptors (Lipinski definition) is 5. The minimum Gasteiger partial charge on any atom is -0.272 e. The van der Waals surface area contributed by atoms with Gasteiger partial charge in [0.1, 0.15) is 0 Å². The number of rotatable bonds is 6. The van der Waals surface area contributed by atoms with Gasteiger partial charge in [0.25, 0.3) is 6.43 Å². The Bertz CT molecular complexity index is 1510. The number of alkyl halides is 2. The van der Waals surface area contributed by atoms with Crippen molar-refractivity contribution in [1.29, 1.82) is 5.26 Å². The quantitative estimate of drug-likeness (QED) is 0.192. The number of benzene rings is 3. The van der Waals surface area contributed by atoms with Gasteiger partial charge >= 0.3 is 10.3 Å². The number of azide groups is 1. The fourth-order valence-corrected chi connectivity index (χ4v) is 5.27. The van der Waals surface area contributed by atoms with Crippen molar-refractivity contribution in [1.82, 2.24) is 4.41 Å². The summed E-state index contributed by atoms with van der Waals surface area (Å²) in [6.45, 7) is 1.81. The van der Waals surface area contributed by atoms with Gasteiger partial charge in [0.15, 0.2) is 5.54 Å². The average Bonchev–Trinajstić information content (AvgIpc) is 3.18. The molecule has 3 aromatic carbocycles. The van der Waals surface area contributed by atoms with Gasteiger partial charge in [-0.05, 0) is 30.2 Å². The van der Waals surface area contributed by atoms with Gasteiger partial charge in [-0.3, -0.25) is 9.56 Å². The van der Waals surface area contributed by atoms with E-state index in [1.54, 1.807) is 36.4 Å². The van der Waals surface area contributed by atoms with Crippen LogP contribution < -0.4 is 5.01 Å². The Morgan fingerprint density at radius 1 is 1.06 bits per heavy atom. The molecule has 0 spiro atoms. The molecule has 9 nitrogen and oxygen atoms in total. The number of aryl methyl sites for hydroxylation is 1. The lowest BCUT2D eigenvalue weighted by Crippen LogP contribution is -2.56. The molecule has 0 aliphatic carbocycles. The number of nitriles is 1. The molecular formula is C24H18F2N6O3S. The molecule has 36 heavy (non-hydrogen) atoms. The van der Waals surface area contributed by atoms with E-state index in [9.17, 15) is 18.2 Å². The van der Waals surface area contributed by atoms with Gasteiger partial charge < -0.3 is 0 Å². The maximum absolute atomic E-state index is 15.2. The van der Waals surface area contributed by atoms with Crippen molar-refractivity contribution in [3.8, 4) is 6.07 Å². The van der Waals surface area contributed by atoms with Crippen LogP contribution in [0.2, 0.25) is 0 Å². The minimum absolute atomic E-state index is 0.0197. The first-order valence-electron chi connectivity index (χ1n) is 10.4. The molecule has 0 bridgehead atoms. The van der Waals surface area contributed by atoms with Crippen molar-refractivity contribution in [2.24, 2.45) is 5.11 Å². The van der Waals surface area contributed by atoms with E-state index in [1.807, 2.05) is 6.92 Å². The summed E-state index contributed by atoms with van der Waals surface area (Å²) in [5, 5.41) is 14.6. The van der Waals surface area contributed by atoms with Gasteiger partial charge in [-0.2, -0.15) is 13.7 Å². The topological polar surface area (TPSA) is 133 Å². The zero-order chi connectivity index (χ0) is 26.1. The standard InChI is InChI=1S/C24H18F2N6O3S/c1-16-7-9-17(10-8-16)22-21(15-27)24(23(25)26,18-5-3-2-4-6-18)32(36(33,34)35)31(22)20-13-11-19(12-14-20)29-30-28/h2-14,23H,1H3,(H,33,34,35). The second-order valence-corrected chi connectivity index (χ2v) is 9.11. The van der Waals surface area contributed by atoms with Gasteiger partial charge in [0.2, 0.25) is 0 Å². The summed E-state index contributed by atoms with van der Waals surface area (Å²) in [5.74, 6) is 0. The SMILES string of the molecule is Cc1ccc(C2=C(C#N)C(c3ccccc3)(C(F)F)N(S(=O)(=O)O)N2c2ccc(N=[N+]=[N-])cc2)cc1. The summed E-state index contributed by atoms with van der Waals surface area (Å²) in [6.07, 6.45) is -3.47. The van der Waals surface area contributed by atoms with Crippen LogP contribution in [-0.2, 0) is 15.8 Å². The first-order valence-corrected chi connectivity index (χ1v) is 11.8. The van der Waals surface area contributed by atoms with Crippen LogP contribution in [0.3, 0.4) is 0 Å². The van der Waals surface area contributed by atoms with Crippen LogP contribution in [0.4, 0.5) is 20.2 Å². The highest BCUT2D eigenvalue weighted by Gasteiger charge is 2.64. The molecule has 1 N–H and O–H groups in total. The Morgan fingerprint density at radius 3 is 2.17 bits per heavy atom. The average molecular weight is 509 g/mol. The second kappa shape index (κ2) is 9.41. The predicted molar refractivity (Wildman–Crippen MR) is 129 cm³/mol. The maximum Gasteiger partial charge on any atom is 0.354 e. The number of hydrazine groups is 1. The van der Waals surface area contributed by atoms with E-state index in [2.05, 4.69) is 10.0 Å². The van der Waals surface area contributed by atoms with Gasteiger partial charge in [-0.1, -0.05) is 81.8 Å². The van der Waals surface area contributed by atoms with Crippen LogP contribution in [-0.4, -0.2) is 23.8 Å². The third-order valence-electron chi connectivity index (χ3n) is 5.75. The molecule has 1 heterocycles. The maximum atomic E-state index is 15.2. The molecule has 1 atom stereocenters. The number of halogens is 2. The van der Waals surface area contributed by atoms with Gasteiger partial charge in [-0.15, -0.1) is 0 Å². The van der Waals surface area contributed by atoms with Crippen LogP contribution in [0.25, 0.3) is 16.1 Å². The molecule has 0 fully saturated rings. The third kappa shape index (κ3) is 3.96. The lowest BCUT2D eigenvalue weighted by atomic mass is 9.83. The van der Waals surface area contributed by atoms with E-state index in [-0.39, 0.29) is 32.6 Å². The van der Waals surface area contributed by atoms with Crippen molar-refractivity contribution >= 4 is 27.4 Å². The molecule has 1 unspecified atom stereocenters. The lowest BCUT2D eigenvalue weighted by Gasteiger charge is -2.39. The monoisotopic (exact) mass is 508 g/mol. The second-order valence-electron chi connectivity index (χ2n) is 7.87. The van der Waals surface area contributed by atoms with Crippen LogP contribution in [0.15, 0.2) is 89.6 Å². The molecule has 1 aliphatic heterocycles. The highest BCUT2D eigenvalue weighted by atomic mass is 32.2. The van der Waals surface area contributed by atoms with Crippen LogP contribution in [0.5, 0.6) is 0 Å². The summed E-state index contributed by atoms with van der Waals surface area (Å²) < 4.78 is 66.7. The molecule has 1 aliphatic rings. The Kier molecular flexibility index (Phi) is 6.49. The van der Waals surface area contributed by atoms with Crippen molar-refractivity contribution in [3.63, 3.8) is 0 Å². The van der Waals surface area contributed by atoms with E-state index in [0.29, 0.717) is 0 Å². The fraction of sp³-hybridized carbons (Fsp3) is 0.125.